The number of aryl methyl sites for hydroxylation is 1. The van der Waals surface area contributed by atoms with Gasteiger partial charge in [-0.05, 0) is 32.0 Å². The number of ether oxygens (including phenoxy) is 1. The fraction of sp³-hybridized carbons (Fsp3) is 0.438. The number of para-hydroxylation sites is 1. The molecule has 2 aromatic rings. The van der Waals surface area contributed by atoms with Gasteiger partial charge in [-0.1, -0.05) is 32.0 Å². The summed E-state index contributed by atoms with van der Waals surface area (Å²) in [5, 5.41) is 4.54. The first-order chi connectivity index (χ1) is 9.16. The number of hydrogen-bond donors (Lipinski definition) is 1. The molecule has 1 heterocycles. The summed E-state index contributed by atoms with van der Waals surface area (Å²) >= 11 is 0. The van der Waals surface area contributed by atoms with Crippen molar-refractivity contribution < 1.29 is 4.74 Å². The summed E-state index contributed by atoms with van der Waals surface area (Å²) < 4.78 is 5.78. The normalized spacial score (nSPS) is 11.2. The fourth-order valence-electron chi connectivity index (χ4n) is 1.98. The van der Waals surface area contributed by atoms with E-state index < -0.39 is 0 Å². The summed E-state index contributed by atoms with van der Waals surface area (Å²) in [5.41, 5.74) is 2.08. The van der Waals surface area contributed by atoms with Crippen LogP contribution in [0.2, 0.25) is 0 Å². The predicted octanol–water partition coefficient (Wildman–Crippen LogP) is 3.31. The van der Waals surface area contributed by atoms with Crippen molar-refractivity contribution in [1.29, 1.82) is 0 Å². The van der Waals surface area contributed by atoms with E-state index in [2.05, 4.69) is 36.3 Å². The second kappa shape index (κ2) is 6.53. The molecular formula is C16H22N2O. The molecule has 0 atom stereocenters. The second-order valence-electron chi connectivity index (χ2n) is 5.11. The number of nitrogens with zero attached hydrogens (tertiary/aromatic N) is 1. The standard InChI is InChI=1S/C16H22N2O/c1-12(2)17-9-6-10-19-16-13(3)11-14-7-4-5-8-15(14)18-16/h4-5,7-8,11-12,17H,6,9-10H2,1-3H3. The van der Waals surface area contributed by atoms with Crippen LogP contribution >= 0.6 is 0 Å². The highest BCUT2D eigenvalue weighted by molar-refractivity contribution is 5.79. The molecule has 0 unspecified atom stereocenters. The zero-order chi connectivity index (χ0) is 13.7. The monoisotopic (exact) mass is 258 g/mol. The highest BCUT2D eigenvalue weighted by atomic mass is 16.5. The van der Waals surface area contributed by atoms with Crippen LogP contribution < -0.4 is 10.1 Å². The highest BCUT2D eigenvalue weighted by Gasteiger charge is 2.04. The lowest BCUT2D eigenvalue weighted by molar-refractivity contribution is 0.294. The maximum absolute atomic E-state index is 5.78. The summed E-state index contributed by atoms with van der Waals surface area (Å²) in [4.78, 5) is 4.56. The Morgan fingerprint density at radius 3 is 2.84 bits per heavy atom. The number of rotatable bonds is 6. The van der Waals surface area contributed by atoms with Crippen molar-refractivity contribution in [2.45, 2.75) is 33.2 Å². The van der Waals surface area contributed by atoms with Crippen LogP contribution in [0.15, 0.2) is 30.3 Å². The van der Waals surface area contributed by atoms with E-state index in [-0.39, 0.29) is 0 Å². The summed E-state index contributed by atoms with van der Waals surface area (Å²) in [5.74, 6) is 0.753. The average molecular weight is 258 g/mol. The van der Waals surface area contributed by atoms with E-state index in [4.69, 9.17) is 4.74 Å². The van der Waals surface area contributed by atoms with E-state index in [0.29, 0.717) is 12.6 Å². The summed E-state index contributed by atoms with van der Waals surface area (Å²) in [6.45, 7) is 8.02. The molecule has 0 fully saturated rings. The molecule has 102 valence electrons. The summed E-state index contributed by atoms with van der Waals surface area (Å²) in [7, 11) is 0. The molecular weight excluding hydrogens is 236 g/mol. The van der Waals surface area contributed by atoms with Gasteiger partial charge in [-0.3, -0.25) is 0 Å². The van der Waals surface area contributed by atoms with E-state index in [1.807, 2.05) is 25.1 Å². The van der Waals surface area contributed by atoms with Crippen molar-refractivity contribution >= 4 is 10.9 Å². The van der Waals surface area contributed by atoms with Crippen LogP contribution in [-0.2, 0) is 0 Å². The van der Waals surface area contributed by atoms with Gasteiger partial charge in [0.2, 0.25) is 5.88 Å². The van der Waals surface area contributed by atoms with Crippen molar-refractivity contribution in [2.75, 3.05) is 13.2 Å². The Morgan fingerprint density at radius 2 is 2.05 bits per heavy atom. The van der Waals surface area contributed by atoms with Crippen molar-refractivity contribution in [3.63, 3.8) is 0 Å². The zero-order valence-electron chi connectivity index (χ0n) is 11.9. The SMILES string of the molecule is Cc1cc2ccccc2nc1OCCCNC(C)C. The molecule has 0 saturated heterocycles. The number of aromatic nitrogens is 1. The molecule has 19 heavy (non-hydrogen) atoms. The quantitative estimate of drug-likeness (QED) is 0.807. The van der Waals surface area contributed by atoms with Gasteiger partial charge in [0.05, 0.1) is 12.1 Å². The number of pyridine rings is 1. The molecule has 3 heteroatoms. The minimum atomic E-state index is 0.528. The van der Waals surface area contributed by atoms with Crippen molar-refractivity contribution in [3.8, 4) is 5.88 Å². The first-order valence-electron chi connectivity index (χ1n) is 6.89. The van der Waals surface area contributed by atoms with Crippen LogP contribution in [0.3, 0.4) is 0 Å². The Morgan fingerprint density at radius 1 is 1.26 bits per heavy atom. The molecule has 2 rings (SSSR count). The Kier molecular flexibility index (Phi) is 4.74. The average Bonchev–Trinajstić information content (AvgIpc) is 2.38. The van der Waals surface area contributed by atoms with Gasteiger partial charge in [0.15, 0.2) is 0 Å². The third-order valence-electron chi connectivity index (χ3n) is 2.98. The molecule has 0 bridgehead atoms. The minimum Gasteiger partial charge on any atom is -0.477 e. The van der Waals surface area contributed by atoms with E-state index in [1.165, 1.54) is 0 Å². The topological polar surface area (TPSA) is 34.1 Å². The van der Waals surface area contributed by atoms with Gasteiger partial charge in [-0.2, -0.15) is 0 Å². The molecule has 0 spiro atoms. The van der Waals surface area contributed by atoms with Crippen LogP contribution in [0, 0.1) is 6.92 Å². The first kappa shape index (κ1) is 13.8. The predicted molar refractivity (Wildman–Crippen MR) is 79.7 cm³/mol. The zero-order valence-corrected chi connectivity index (χ0v) is 11.9. The third kappa shape index (κ3) is 3.93. The van der Waals surface area contributed by atoms with Gasteiger partial charge in [-0.15, -0.1) is 0 Å². The Hall–Kier alpha value is -1.61. The van der Waals surface area contributed by atoms with Gasteiger partial charge in [0, 0.05) is 17.0 Å². The van der Waals surface area contributed by atoms with Gasteiger partial charge in [-0.25, -0.2) is 4.98 Å². The molecule has 0 radical (unpaired) electrons. The lowest BCUT2D eigenvalue weighted by atomic mass is 10.2. The van der Waals surface area contributed by atoms with Crippen LogP contribution in [0.1, 0.15) is 25.8 Å². The fourth-order valence-corrected chi connectivity index (χ4v) is 1.98. The van der Waals surface area contributed by atoms with Crippen molar-refractivity contribution in [1.82, 2.24) is 10.3 Å². The largest absolute Gasteiger partial charge is 0.477 e. The summed E-state index contributed by atoms with van der Waals surface area (Å²) in [6, 6.07) is 10.8. The van der Waals surface area contributed by atoms with Crippen LogP contribution in [-0.4, -0.2) is 24.2 Å². The molecule has 0 aliphatic rings. The molecule has 0 amide bonds. The van der Waals surface area contributed by atoms with Gasteiger partial charge < -0.3 is 10.1 Å². The second-order valence-corrected chi connectivity index (χ2v) is 5.11. The minimum absolute atomic E-state index is 0.528. The van der Waals surface area contributed by atoms with Crippen LogP contribution in [0.5, 0.6) is 5.88 Å². The number of benzene rings is 1. The lowest BCUT2D eigenvalue weighted by Gasteiger charge is -2.11. The van der Waals surface area contributed by atoms with E-state index in [0.717, 1.165) is 35.3 Å². The highest BCUT2D eigenvalue weighted by Crippen LogP contribution is 2.21. The van der Waals surface area contributed by atoms with Crippen molar-refractivity contribution in [2.24, 2.45) is 0 Å². The molecule has 3 nitrogen and oxygen atoms in total. The van der Waals surface area contributed by atoms with Gasteiger partial charge in [0.25, 0.3) is 0 Å². The molecule has 0 aliphatic heterocycles. The van der Waals surface area contributed by atoms with E-state index in [1.54, 1.807) is 0 Å². The number of hydrogen-bond acceptors (Lipinski definition) is 3. The smallest absolute Gasteiger partial charge is 0.216 e. The maximum Gasteiger partial charge on any atom is 0.216 e. The van der Waals surface area contributed by atoms with E-state index in [9.17, 15) is 0 Å². The number of fused-ring (bicyclic) bond motifs is 1. The third-order valence-corrected chi connectivity index (χ3v) is 2.98. The molecule has 1 aromatic carbocycles. The van der Waals surface area contributed by atoms with Crippen LogP contribution in [0.4, 0.5) is 0 Å². The Balaban J connectivity index is 1.95. The molecule has 1 aromatic heterocycles. The van der Waals surface area contributed by atoms with Crippen LogP contribution in [0.25, 0.3) is 10.9 Å². The Labute approximate surface area is 115 Å². The maximum atomic E-state index is 5.78. The van der Waals surface area contributed by atoms with Crippen molar-refractivity contribution in [3.05, 3.63) is 35.9 Å². The molecule has 0 saturated carbocycles. The molecule has 0 aliphatic carbocycles. The summed E-state index contributed by atoms with van der Waals surface area (Å²) in [6.07, 6.45) is 0.992. The molecule has 1 N–H and O–H groups in total. The lowest BCUT2D eigenvalue weighted by Crippen LogP contribution is -2.24. The van der Waals surface area contributed by atoms with Gasteiger partial charge in [0.1, 0.15) is 0 Å². The Bertz CT molecular complexity index is 537. The van der Waals surface area contributed by atoms with E-state index >= 15 is 0 Å². The van der Waals surface area contributed by atoms with Gasteiger partial charge >= 0.3 is 0 Å². The first-order valence-corrected chi connectivity index (χ1v) is 6.89. The number of nitrogens with one attached hydrogen (secondary N) is 1.